The maximum atomic E-state index is 5.00. The summed E-state index contributed by atoms with van der Waals surface area (Å²) in [4.78, 5) is 7.50. The van der Waals surface area contributed by atoms with Gasteiger partial charge in [-0.2, -0.15) is 0 Å². The van der Waals surface area contributed by atoms with Gasteiger partial charge in [0.05, 0.1) is 17.1 Å². The Morgan fingerprint density at radius 1 is 1.22 bits per heavy atom. The van der Waals surface area contributed by atoms with Crippen molar-refractivity contribution in [2.45, 2.75) is 52.2 Å². The van der Waals surface area contributed by atoms with E-state index in [1.807, 2.05) is 0 Å². The maximum absolute atomic E-state index is 5.00. The van der Waals surface area contributed by atoms with Crippen molar-refractivity contribution in [2.75, 3.05) is 19.6 Å². The molecule has 1 fully saturated rings. The SMILES string of the molecule is CCN1CCn2c(nc3cc(C4CC[C@H](C)CN4)ccc32)[C@@H]1C. The number of imidazole rings is 1. The van der Waals surface area contributed by atoms with E-state index < -0.39 is 0 Å². The molecule has 0 aliphatic carbocycles. The summed E-state index contributed by atoms with van der Waals surface area (Å²) in [6, 6.07) is 7.83. The van der Waals surface area contributed by atoms with Gasteiger partial charge < -0.3 is 9.88 Å². The minimum absolute atomic E-state index is 0.415. The fraction of sp³-hybridized carbons (Fsp3) is 0.632. The lowest BCUT2D eigenvalue weighted by Crippen LogP contribution is -2.36. The Morgan fingerprint density at radius 2 is 2.09 bits per heavy atom. The summed E-state index contributed by atoms with van der Waals surface area (Å²) < 4.78 is 2.42. The summed E-state index contributed by atoms with van der Waals surface area (Å²) in [6.07, 6.45) is 2.55. The normalized spacial score (nSPS) is 28.9. The first-order chi connectivity index (χ1) is 11.2. The fourth-order valence-corrected chi connectivity index (χ4v) is 4.24. The van der Waals surface area contributed by atoms with Crippen LogP contribution in [0, 0.1) is 5.92 Å². The van der Waals surface area contributed by atoms with Gasteiger partial charge in [-0.25, -0.2) is 4.98 Å². The molecule has 0 radical (unpaired) electrons. The molecule has 1 aromatic carbocycles. The second kappa shape index (κ2) is 5.91. The Balaban J connectivity index is 1.68. The third kappa shape index (κ3) is 2.58. The number of piperidine rings is 1. The van der Waals surface area contributed by atoms with Gasteiger partial charge in [0, 0.05) is 19.1 Å². The summed E-state index contributed by atoms with van der Waals surface area (Å²) in [7, 11) is 0. The zero-order valence-corrected chi connectivity index (χ0v) is 14.5. The van der Waals surface area contributed by atoms with Crippen LogP contribution in [0.2, 0.25) is 0 Å². The van der Waals surface area contributed by atoms with Gasteiger partial charge in [0.15, 0.2) is 0 Å². The van der Waals surface area contributed by atoms with Crippen LogP contribution in [0.15, 0.2) is 18.2 Å². The number of nitrogens with zero attached hydrogens (tertiary/aromatic N) is 3. The first-order valence-corrected chi connectivity index (χ1v) is 9.15. The Morgan fingerprint density at radius 3 is 2.83 bits per heavy atom. The first kappa shape index (κ1) is 15.2. The third-order valence-corrected chi connectivity index (χ3v) is 5.80. The number of hydrogen-bond donors (Lipinski definition) is 1. The van der Waals surface area contributed by atoms with Gasteiger partial charge >= 0.3 is 0 Å². The van der Waals surface area contributed by atoms with Crippen molar-refractivity contribution >= 4 is 11.0 Å². The number of benzene rings is 1. The van der Waals surface area contributed by atoms with Crippen LogP contribution in [0.3, 0.4) is 0 Å². The molecular weight excluding hydrogens is 284 g/mol. The van der Waals surface area contributed by atoms with Crippen LogP contribution in [-0.2, 0) is 6.54 Å². The second-order valence-corrected chi connectivity index (χ2v) is 7.32. The van der Waals surface area contributed by atoms with Gasteiger partial charge in [-0.05, 0) is 56.5 Å². The Bertz CT molecular complexity index is 697. The molecule has 0 bridgehead atoms. The molecule has 1 aromatic heterocycles. The van der Waals surface area contributed by atoms with Crippen molar-refractivity contribution in [3.63, 3.8) is 0 Å². The topological polar surface area (TPSA) is 33.1 Å². The highest BCUT2D eigenvalue weighted by Gasteiger charge is 2.26. The summed E-state index contributed by atoms with van der Waals surface area (Å²) >= 11 is 0. The van der Waals surface area contributed by atoms with Gasteiger partial charge in [0.1, 0.15) is 5.82 Å². The van der Waals surface area contributed by atoms with E-state index in [-0.39, 0.29) is 0 Å². The first-order valence-electron chi connectivity index (χ1n) is 9.15. The van der Waals surface area contributed by atoms with Gasteiger partial charge in [-0.15, -0.1) is 0 Å². The summed E-state index contributed by atoms with van der Waals surface area (Å²) in [6.45, 7) is 11.3. The molecule has 2 aromatic rings. The molecule has 2 aliphatic rings. The summed E-state index contributed by atoms with van der Waals surface area (Å²) in [5.74, 6) is 2.03. The average molecular weight is 312 g/mol. The zero-order chi connectivity index (χ0) is 16.0. The smallest absolute Gasteiger partial charge is 0.127 e. The number of aromatic nitrogens is 2. The van der Waals surface area contributed by atoms with Gasteiger partial charge in [0.25, 0.3) is 0 Å². The molecule has 23 heavy (non-hydrogen) atoms. The quantitative estimate of drug-likeness (QED) is 0.921. The van der Waals surface area contributed by atoms with E-state index in [0.717, 1.165) is 32.1 Å². The van der Waals surface area contributed by atoms with Crippen LogP contribution >= 0.6 is 0 Å². The molecule has 4 nitrogen and oxygen atoms in total. The standard InChI is InChI=1S/C19H28N4/c1-4-22-9-10-23-18-8-6-15(16-7-5-13(2)12-20-16)11-17(18)21-19(23)14(22)3/h6,8,11,13-14,16,20H,4-5,7,9-10,12H2,1-3H3/t13-,14-,16?/m0/s1. The third-order valence-electron chi connectivity index (χ3n) is 5.80. The van der Waals surface area contributed by atoms with Crippen molar-refractivity contribution in [3.8, 4) is 0 Å². The Hall–Kier alpha value is -1.39. The number of fused-ring (bicyclic) bond motifs is 3. The molecule has 4 heteroatoms. The van der Waals surface area contributed by atoms with E-state index >= 15 is 0 Å². The van der Waals surface area contributed by atoms with E-state index in [1.54, 1.807) is 0 Å². The summed E-state index contributed by atoms with van der Waals surface area (Å²) in [5.41, 5.74) is 3.87. The van der Waals surface area contributed by atoms with Gasteiger partial charge in [-0.1, -0.05) is 19.9 Å². The van der Waals surface area contributed by atoms with Crippen molar-refractivity contribution in [2.24, 2.45) is 5.92 Å². The molecule has 0 amide bonds. The minimum atomic E-state index is 0.415. The van der Waals surface area contributed by atoms with Crippen molar-refractivity contribution in [1.29, 1.82) is 0 Å². The predicted molar refractivity (Wildman–Crippen MR) is 94.5 cm³/mol. The van der Waals surface area contributed by atoms with Crippen LogP contribution in [0.4, 0.5) is 0 Å². The molecule has 1 unspecified atom stereocenters. The van der Waals surface area contributed by atoms with E-state index in [2.05, 4.69) is 53.8 Å². The molecule has 3 heterocycles. The molecule has 124 valence electrons. The van der Waals surface area contributed by atoms with E-state index in [4.69, 9.17) is 4.98 Å². The minimum Gasteiger partial charge on any atom is -0.325 e. The molecule has 2 aliphatic heterocycles. The molecule has 3 atom stereocenters. The van der Waals surface area contributed by atoms with E-state index in [0.29, 0.717) is 12.1 Å². The largest absolute Gasteiger partial charge is 0.325 e. The number of nitrogens with one attached hydrogen (secondary N) is 1. The highest BCUT2D eigenvalue weighted by atomic mass is 15.3. The van der Waals surface area contributed by atoms with Crippen molar-refractivity contribution in [1.82, 2.24) is 19.8 Å². The Labute approximate surface area is 138 Å². The van der Waals surface area contributed by atoms with Crippen LogP contribution in [0.5, 0.6) is 0 Å². The zero-order valence-electron chi connectivity index (χ0n) is 14.5. The van der Waals surface area contributed by atoms with E-state index in [1.165, 1.54) is 35.3 Å². The van der Waals surface area contributed by atoms with Crippen LogP contribution in [0.25, 0.3) is 11.0 Å². The molecule has 0 saturated carbocycles. The fourth-order valence-electron chi connectivity index (χ4n) is 4.24. The molecular formula is C19H28N4. The Kier molecular flexibility index (Phi) is 3.90. The highest BCUT2D eigenvalue weighted by molar-refractivity contribution is 5.77. The number of hydrogen-bond acceptors (Lipinski definition) is 3. The number of likely N-dealkylation sites (N-methyl/N-ethyl adjacent to an activating group) is 1. The van der Waals surface area contributed by atoms with Crippen LogP contribution < -0.4 is 5.32 Å². The average Bonchev–Trinajstić information content (AvgIpc) is 2.95. The monoisotopic (exact) mass is 312 g/mol. The highest BCUT2D eigenvalue weighted by Crippen LogP contribution is 2.31. The van der Waals surface area contributed by atoms with Crippen molar-refractivity contribution in [3.05, 3.63) is 29.6 Å². The molecule has 1 saturated heterocycles. The predicted octanol–water partition coefficient (Wildman–Crippen LogP) is 3.49. The van der Waals surface area contributed by atoms with Crippen LogP contribution in [0.1, 0.15) is 57.1 Å². The maximum Gasteiger partial charge on any atom is 0.127 e. The second-order valence-electron chi connectivity index (χ2n) is 7.32. The van der Waals surface area contributed by atoms with Gasteiger partial charge in [-0.3, -0.25) is 4.90 Å². The lowest BCUT2D eigenvalue weighted by atomic mass is 9.92. The van der Waals surface area contributed by atoms with Crippen molar-refractivity contribution < 1.29 is 0 Å². The lowest BCUT2D eigenvalue weighted by molar-refractivity contribution is 0.176. The lowest BCUT2D eigenvalue weighted by Gasteiger charge is -2.32. The van der Waals surface area contributed by atoms with Crippen LogP contribution in [-0.4, -0.2) is 34.1 Å². The molecule has 0 spiro atoms. The number of rotatable bonds is 2. The molecule has 4 rings (SSSR count). The van der Waals surface area contributed by atoms with E-state index in [9.17, 15) is 0 Å². The molecule has 1 N–H and O–H groups in total. The summed E-state index contributed by atoms with van der Waals surface area (Å²) in [5, 5.41) is 3.69. The van der Waals surface area contributed by atoms with Gasteiger partial charge in [0.2, 0.25) is 0 Å².